The zero-order chi connectivity index (χ0) is 29.0. The highest BCUT2D eigenvalue weighted by Crippen LogP contribution is 2.36. The molecule has 3 aromatic carbocycles. The quantitative estimate of drug-likeness (QED) is 0.214. The molecule has 0 saturated heterocycles. The summed E-state index contributed by atoms with van der Waals surface area (Å²) in [5, 5.41) is 3.45. The largest absolute Gasteiger partial charge is 0.307 e. The maximum atomic E-state index is 5.18. The summed E-state index contributed by atoms with van der Waals surface area (Å²) in [4.78, 5) is 19.5. The van der Waals surface area contributed by atoms with Gasteiger partial charge in [0, 0.05) is 34.1 Å². The third-order valence-electron chi connectivity index (χ3n) is 8.30. The van der Waals surface area contributed by atoms with E-state index in [1.165, 1.54) is 5.39 Å². The predicted octanol–water partition coefficient (Wildman–Crippen LogP) is 8.79. The van der Waals surface area contributed by atoms with Crippen LogP contribution in [0.2, 0.25) is 0 Å². The molecule has 0 radical (unpaired) electrons. The van der Waals surface area contributed by atoms with Gasteiger partial charge in [0.05, 0.1) is 56.5 Å². The fourth-order valence-corrected chi connectivity index (χ4v) is 6.41. The second-order valence-corrected chi connectivity index (χ2v) is 10.8. The van der Waals surface area contributed by atoms with Gasteiger partial charge in [0.2, 0.25) is 0 Å². The Morgan fingerprint density at radius 3 is 2.02 bits per heavy atom. The number of rotatable bonds is 4. The first-order chi connectivity index (χ1) is 21.8. The lowest BCUT2D eigenvalue weighted by atomic mass is 10.1. The maximum absolute atomic E-state index is 5.18. The van der Waals surface area contributed by atoms with Crippen LogP contribution in [0.4, 0.5) is 0 Å². The molecule has 0 spiro atoms. The smallest absolute Gasteiger partial charge is 0.138 e. The fourth-order valence-electron chi connectivity index (χ4n) is 6.41. The van der Waals surface area contributed by atoms with Crippen LogP contribution in [0.3, 0.4) is 0 Å². The molecule has 0 N–H and O–H groups in total. The summed E-state index contributed by atoms with van der Waals surface area (Å²) >= 11 is 0. The van der Waals surface area contributed by atoms with Gasteiger partial charge >= 0.3 is 0 Å². The van der Waals surface area contributed by atoms with E-state index in [2.05, 4.69) is 111 Å². The third kappa shape index (κ3) is 3.68. The Kier molecular flexibility index (Phi) is 5.40. The molecule has 9 rings (SSSR count). The van der Waals surface area contributed by atoms with E-state index in [4.69, 9.17) is 15.0 Å². The molecule has 0 unspecified atom stereocenters. The molecule has 0 saturated carbocycles. The monoisotopic (exact) mass is 564 g/mol. The molecule has 0 atom stereocenters. The summed E-state index contributed by atoms with van der Waals surface area (Å²) in [6, 6.07) is 43.7. The number of para-hydroxylation sites is 3. The highest BCUT2D eigenvalue weighted by Gasteiger charge is 2.17. The van der Waals surface area contributed by atoms with Crippen LogP contribution in [0.1, 0.15) is 0 Å². The number of hydrogen-bond acceptors (Lipinski definition) is 4. The van der Waals surface area contributed by atoms with Gasteiger partial charge in [0.25, 0.3) is 0 Å². The van der Waals surface area contributed by atoms with E-state index < -0.39 is 0 Å². The van der Waals surface area contributed by atoms with Crippen LogP contribution in [0.15, 0.2) is 146 Å². The minimum absolute atomic E-state index is 0.803. The number of nitrogens with zero attached hydrogens (tertiary/aromatic N) is 6. The first-order valence-electron chi connectivity index (χ1n) is 14.6. The van der Waals surface area contributed by atoms with Crippen molar-refractivity contribution in [2.75, 3.05) is 0 Å². The van der Waals surface area contributed by atoms with Crippen LogP contribution >= 0.6 is 0 Å². The molecule has 6 aromatic heterocycles. The standard InChI is InChI=1S/C38H24N6/c1-4-16-32-25(10-1)26-21-23-39-24-36(26)44(32)37-20-8-15-31(42-37)30-14-7-13-29(41-30)27-11-2-5-17-33(27)43-34-18-6-3-12-28(34)38-35(43)19-9-22-40-38/h1-24H. The van der Waals surface area contributed by atoms with Crippen molar-refractivity contribution in [3.63, 3.8) is 0 Å². The van der Waals surface area contributed by atoms with E-state index >= 15 is 0 Å². The van der Waals surface area contributed by atoms with Crippen molar-refractivity contribution in [2.24, 2.45) is 0 Å². The Hall–Kier alpha value is -6.14. The molecule has 0 fully saturated rings. The number of benzene rings is 3. The van der Waals surface area contributed by atoms with Gasteiger partial charge in [-0.05, 0) is 60.7 Å². The second kappa shape index (κ2) is 9.71. The van der Waals surface area contributed by atoms with E-state index in [0.29, 0.717) is 0 Å². The zero-order valence-electron chi connectivity index (χ0n) is 23.5. The van der Waals surface area contributed by atoms with Crippen LogP contribution in [-0.4, -0.2) is 29.1 Å². The highest BCUT2D eigenvalue weighted by atomic mass is 15.1. The van der Waals surface area contributed by atoms with Gasteiger partial charge in [0.1, 0.15) is 5.82 Å². The minimum Gasteiger partial charge on any atom is -0.307 e. The number of pyridine rings is 4. The van der Waals surface area contributed by atoms with Gasteiger partial charge in [-0.3, -0.25) is 14.5 Å². The molecule has 0 aliphatic rings. The predicted molar refractivity (Wildman–Crippen MR) is 177 cm³/mol. The Bertz CT molecular complexity index is 2420. The first-order valence-corrected chi connectivity index (χ1v) is 14.6. The molecule has 0 amide bonds. The summed E-state index contributed by atoms with van der Waals surface area (Å²) in [5.41, 5.74) is 9.85. The van der Waals surface area contributed by atoms with Gasteiger partial charge in [-0.2, -0.15) is 0 Å². The van der Waals surface area contributed by atoms with Crippen molar-refractivity contribution in [3.05, 3.63) is 146 Å². The van der Waals surface area contributed by atoms with Gasteiger partial charge in [-0.15, -0.1) is 0 Å². The summed E-state index contributed by atoms with van der Waals surface area (Å²) in [6.45, 7) is 0. The summed E-state index contributed by atoms with van der Waals surface area (Å²) in [5.74, 6) is 0.826. The number of aromatic nitrogens is 6. The van der Waals surface area contributed by atoms with E-state index in [1.54, 1.807) is 0 Å². The van der Waals surface area contributed by atoms with Crippen LogP contribution in [0.5, 0.6) is 0 Å². The summed E-state index contributed by atoms with van der Waals surface area (Å²) < 4.78 is 4.47. The van der Waals surface area contributed by atoms with Gasteiger partial charge in [-0.25, -0.2) is 9.97 Å². The first kappa shape index (κ1) is 24.5. The Morgan fingerprint density at radius 2 is 1.11 bits per heavy atom. The molecular formula is C38H24N6. The van der Waals surface area contributed by atoms with Crippen LogP contribution in [-0.2, 0) is 0 Å². The van der Waals surface area contributed by atoms with E-state index in [0.717, 1.165) is 72.5 Å². The average Bonchev–Trinajstić information content (AvgIpc) is 3.62. The van der Waals surface area contributed by atoms with Crippen molar-refractivity contribution in [3.8, 4) is 34.2 Å². The molecule has 6 heteroatoms. The molecule has 0 bridgehead atoms. The van der Waals surface area contributed by atoms with Crippen molar-refractivity contribution in [2.45, 2.75) is 0 Å². The molecular weight excluding hydrogens is 540 g/mol. The fraction of sp³-hybridized carbons (Fsp3) is 0. The molecule has 206 valence electrons. The topological polar surface area (TPSA) is 61.4 Å². The highest BCUT2D eigenvalue weighted by molar-refractivity contribution is 6.09. The lowest BCUT2D eigenvalue weighted by Gasteiger charge is -2.14. The maximum Gasteiger partial charge on any atom is 0.138 e. The average molecular weight is 565 g/mol. The minimum atomic E-state index is 0.803. The molecule has 9 aromatic rings. The number of fused-ring (bicyclic) bond motifs is 6. The SMILES string of the molecule is c1cc(-c2cccc(-n3c4ccccc4c4ccncc43)n2)nc(-c2ccccc2-n2c3ccccc3c3ncccc32)c1. The molecule has 0 aliphatic carbocycles. The summed E-state index contributed by atoms with van der Waals surface area (Å²) in [7, 11) is 0. The second-order valence-electron chi connectivity index (χ2n) is 10.8. The number of hydrogen-bond donors (Lipinski definition) is 0. The van der Waals surface area contributed by atoms with E-state index in [1.807, 2.05) is 48.9 Å². The van der Waals surface area contributed by atoms with Crippen molar-refractivity contribution in [1.29, 1.82) is 0 Å². The van der Waals surface area contributed by atoms with Crippen LogP contribution < -0.4 is 0 Å². The van der Waals surface area contributed by atoms with Gasteiger partial charge in [-0.1, -0.05) is 66.7 Å². The van der Waals surface area contributed by atoms with Crippen LogP contribution in [0, 0.1) is 0 Å². The van der Waals surface area contributed by atoms with Crippen LogP contribution in [0.25, 0.3) is 77.9 Å². The van der Waals surface area contributed by atoms with E-state index in [-0.39, 0.29) is 0 Å². The lowest BCUT2D eigenvalue weighted by Crippen LogP contribution is -2.00. The lowest BCUT2D eigenvalue weighted by molar-refractivity contribution is 1.07. The van der Waals surface area contributed by atoms with Crippen molar-refractivity contribution >= 4 is 43.7 Å². The molecule has 44 heavy (non-hydrogen) atoms. The third-order valence-corrected chi connectivity index (χ3v) is 8.30. The van der Waals surface area contributed by atoms with Gasteiger partial charge in [0.15, 0.2) is 0 Å². The van der Waals surface area contributed by atoms with E-state index in [9.17, 15) is 0 Å². The van der Waals surface area contributed by atoms with Crippen molar-refractivity contribution in [1.82, 2.24) is 29.1 Å². The summed E-state index contributed by atoms with van der Waals surface area (Å²) in [6.07, 6.45) is 5.60. The molecule has 6 heterocycles. The van der Waals surface area contributed by atoms with Crippen molar-refractivity contribution < 1.29 is 0 Å². The zero-order valence-corrected chi connectivity index (χ0v) is 23.5. The Morgan fingerprint density at radius 1 is 0.432 bits per heavy atom. The Labute approximate surface area is 252 Å². The molecule has 6 nitrogen and oxygen atoms in total. The molecule has 0 aliphatic heterocycles. The van der Waals surface area contributed by atoms with Gasteiger partial charge < -0.3 is 4.57 Å². The normalized spacial score (nSPS) is 11.6. The Balaban J connectivity index is 1.20.